The van der Waals surface area contributed by atoms with Gasteiger partial charge >= 0.3 is 0 Å². The molecule has 10 heteroatoms. The average molecular weight is 502 g/mol. The predicted molar refractivity (Wildman–Crippen MR) is 138 cm³/mol. The second-order valence-corrected chi connectivity index (χ2v) is 9.33. The molecule has 35 heavy (non-hydrogen) atoms. The Bertz CT molecular complexity index is 1510. The highest BCUT2D eigenvalue weighted by molar-refractivity contribution is 7.99. The zero-order valence-corrected chi connectivity index (χ0v) is 20.1. The predicted octanol–water partition coefficient (Wildman–Crippen LogP) is 5.68. The first-order chi connectivity index (χ1) is 17.1. The molecule has 0 saturated carbocycles. The van der Waals surface area contributed by atoms with Crippen molar-refractivity contribution in [2.75, 3.05) is 17.7 Å². The minimum atomic E-state index is -0.433. The number of carbonyl (C=O) groups is 2. The molecule has 0 aliphatic carbocycles. The van der Waals surface area contributed by atoms with Gasteiger partial charge < -0.3 is 9.72 Å². The molecule has 0 atom stereocenters. The molecule has 3 N–H and O–H groups in total. The number of methoxy groups -OCH3 is 1. The van der Waals surface area contributed by atoms with E-state index in [0.29, 0.717) is 22.4 Å². The van der Waals surface area contributed by atoms with Crippen LogP contribution >= 0.6 is 23.1 Å². The molecule has 5 rings (SSSR count). The molecule has 0 aliphatic rings. The second-order valence-electron chi connectivity index (χ2n) is 7.33. The number of ether oxygens (including phenoxy) is 1. The van der Waals surface area contributed by atoms with Gasteiger partial charge in [0, 0.05) is 15.2 Å². The number of aromatic nitrogens is 3. The van der Waals surface area contributed by atoms with Crippen LogP contribution in [0.1, 0.15) is 20.8 Å². The summed E-state index contributed by atoms with van der Waals surface area (Å²) in [7, 11) is 1.50. The Balaban J connectivity index is 1.26. The SMILES string of the molecule is COc1ccccc1C(=O)Nc1nc(C(=O)Nc2nc3ccc(Sc4ccccc4)cc3[nH]2)cs1. The largest absolute Gasteiger partial charge is 0.496 e. The van der Waals surface area contributed by atoms with Crippen LogP contribution in [0.5, 0.6) is 5.75 Å². The third-order valence-electron chi connectivity index (χ3n) is 4.97. The van der Waals surface area contributed by atoms with Crippen molar-refractivity contribution in [2.24, 2.45) is 0 Å². The highest BCUT2D eigenvalue weighted by Crippen LogP contribution is 2.30. The number of para-hydroxylation sites is 1. The van der Waals surface area contributed by atoms with E-state index >= 15 is 0 Å². The van der Waals surface area contributed by atoms with E-state index in [1.54, 1.807) is 41.4 Å². The van der Waals surface area contributed by atoms with Gasteiger partial charge in [0.2, 0.25) is 5.95 Å². The van der Waals surface area contributed by atoms with Crippen molar-refractivity contribution in [1.29, 1.82) is 0 Å². The van der Waals surface area contributed by atoms with Crippen LogP contribution in [-0.4, -0.2) is 33.9 Å². The van der Waals surface area contributed by atoms with Gasteiger partial charge in [-0.1, -0.05) is 42.1 Å². The van der Waals surface area contributed by atoms with E-state index in [-0.39, 0.29) is 11.6 Å². The maximum atomic E-state index is 12.7. The van der Waals surface area contributed by atoms with Gasteiger partial charge in [-0.2, -0.15) is 0 Å². The molecular formula is C25H19N5O3S2. The number of carbonyl (C=O) groups excluding carboxylic acids is 2. The number of hydrogen-bond donors (Lipinski definition) is 3. The highest BCUT2D eigenvalue weighted by atomic mass is 32.2. The molecule has 0 radical (unpaired) electrons. The third kappa shape index (κ3) is 5.18. The molecule has 2 heterocycles. The van der Waals surface area contributed by atoms with Crippen LogP contribution in [0.2, 0.25) is 0 Å². The summed E-state index contributed by atoms with van der Waals surface area (Å²) in [6.07, 6.45) is 0. The molecule has 5 aromatic rings. The topological polar surface area (TPSA) is 109 Å². The zero-order chi connectivity index (χ0) is 24.2. The van der Waals surface area contributed by atoms with Gasteiger partial charge in [-0.25, -0.2) is 9.97 Å². The van der Waals surface area contributed by atoms with Crippen molar-refractivity contribution in [3.05, 3.63) is 89.4 Å². The van der Waals surface area contributed by atoms with E-state index in [1.807, 2.05) is 48.5 Å². The molecule has 8 nitrogen and oxygen atoms in total. The molecule has 0 spiro atoms. The first-order valence-electron chi connectivity index (χ1n) is 10.5. The second kappa shape index (κ2) is 10.00. The number of nitrogens with zero attached hydrogens (tertiary/aromatic N) is 2. The van der Waals surface area contributed by atoms with Crippen LogP contribution < -0.4 is 15.4 Å². The van der Waals surface area contributed by atoms with Crippen LogP contribution in [0.4, 0.5) is 11.1 Å². The smallest absolute Gasteiger partial charge is 0.277 e. The number of thiazole rings is 1. The van der Waals surface area contributed by atoms with Crippen molar-refractivity contribution in [3.63, 3.8) is 0 Å². The summed E-state index contributed by atoms with van der Waals surface area (Å²) in [5.41, 5.74) is 2.10. The molecular weight excluding hydrogens is 482 g/mol. The number of hydrogen-bond acceptors (Lipinski definition) is 7. The Labute approximate surface area is 208 Å². The number of nitrogens with one attached hydrogen (secondary N) is 3. The summed E-state index contributed by atoms with van der Waals surface area (Å²) in [5, 5.41) is 7.31. The van der Waals surface area contributed by atoms with Gasteiger partial charge in [-0.05, 0) is 42.5 Å². The Morgan fingerprint density at radius 1 is 0.914 bits per heavy atom. The molecule has 2 amide bonds. The molecule has 0 saturated heterocycles. The van der Waals surface area contributed by atoms with Crippen molar-refractivity contribution >= 4 is 57.0 Å². The molecule has 0 aliphatic heterocycles. The normalized spacial score (nSPS) is 10.8. The van der Waals surface area contributed by atoms with Gasteiger partial charge in [-0.15, -0.1) is 11.3 Å². The van der Waals surface area contributed by atoms with E-state index in [4.69, 9.17) is 4.74 Å². The number of rotatable bonds is 7. The van der Waals surface area contributed by atoms with E-state index < -0.39 is 5.91 Å². The lowest BCUT2D eigenvalue weighted by atomic mass is 10.2. The Hall–Kier alpha value is -4.15. The first-order valence-corrected chi connectivity index (χ1v) is 12.2. The molecule has 0 fully saturated rings. The summed E-state index contributed by atoms with van der Waals surface area (Å²) in [5.74, 6) is -0.0311. The van der Waals surface area contributed by atoms with Crippen molar-refractivity contribution in [3.8, 4) is 5.75 Å². The van der Waals surface area contributed by atoms with Crippen LogP contribution in [0, 0.1) is 0 Å². The zero-order valence-electron chi connectivity index (χ0n) is 18.4. The lowest BCUT2D eigenvalue weighted by Gasteiger charge is -2.07. The Morgan fingerprint density at radius 3 is 2.54 bits per heavy atom. The summed E-state index contributed by atoms with van der Waals surface area (Å²) in [6.45, 7) is 0. The molecule has 0 bridgehead atoms. The maximum absolute atomic E-state index is 12.7. The standard InChI is InChI=1S/C25H19N5O3S2/c1-33-21-10-6-5-9-17(21)22(31)30-25-28-20(14-34-25)23(32)29-24-26-18-12-11-16(13-19(18)27-24)35-15-7-3-2-4-8-15/h2-14H,1H3,(H,28,30,31)(H2,26,27,29,32). The quantitative estimate of drug-likeness (QED) is 0.265. The van der Waals surface area contributed by atoms with Crippen LogP contribution in [0.25, 0.3) is 11.0 Å². The minimum absolute atomic E-state index is 0.172. The van der Waals surface area contributed by atoms with E-state index in [1.165, 1.54) is 7.11 Å². The number of amides is 2. The highest BCUT2D eigenvalue weighted by Gasteiger charge is 2.17. The van der Waals surface area contributed by atoms with Crippen molar-refractivity contribution in [1.82, 2.24) is 15.0 Å². The monoisotopic (exact) mass is 501 g/mol. The lowest BCUT2D eigenvalue weighted by molar-refractivity contribution is 0.101. The fourth-order valence-electron chi connectivity index (χ4n) is 3.34. The van der Waals surface area contributed by atoms with Gasteiger partial charge in [0.25, 0.3) is 11.8 Å². The number of fused-ring (bicyclic) bond motifs is 1. The van der Waals surface area contributed by atoms with Crippen molar-refractivity contribution < 1.29 is 14.3 Å². The molecule has 0 unspecified atom stereocenters. The fourth-order valence-corrected chi connectivity index (χ4v) is 4.90. The van der Waals surface area contributed by atoms with Crippen LogP contribution in [-0.2, 0) is 0 Å². The Kier molecular flexibility index (Phi) is 6.47. The van der Waals surface area contributed by atoms with Gasteiger partial charge in [0.05, 0.1) is 23.7 Å². The minimum Gasteiger partial charge on any atom is -0.496 e. The summed E-state index contributed by atoms with van der Waals surface area (Å²) in [6, 6.07) is 22.8. The summed E-state index contributed by atoms with van der Waals surface area (Å²) < 4.78 is 5.22. The van der Waals surface area contributed by atoms with Crippen LogP contribution in [0.15, 0.2) is 88.0 Å². The maximum Gasteiger partial charge on any atom is 0.277 e. The van der Waals surface area contributed by atoms with Crippen molar-refractivity contribution in [2.45, 2.75) is 9.79 Å². The number of H-pyrrole nitrogens is 1. The third-order valence-corrected chi connectivity index (χ3v) is 6.73. The van der Waals surface area contributed by atoms with Crippen LogP contribution in [0.3, 0.4) is 0 Å². The van der Waals surface area contributed by atoms with E-state index in [9.17, 15) is 9.59 Å². The Morgan fingerprint density at radius 2 is 1.71 bits per heavy atom. The van der Waals surface area contributed by atoms with Gasteiger partial charge in [0.1, 0.15) is 11.4 Å². The number of imidazole rings is 1. The fraction of sp³-hybridized carbons (Fsp3) is 0.0400. The number of benzene rings is 3. The van der Waals surface area contributed by atoms with E-state index in [2.05, 4.69) is 25.6 Å². The lowest BCUT2D eigenvalue weighted by Crippen LogP contribution is -2.15. The average Bonchev–Trinajstić information content (AvgIpc) is 3.51. The first kappa shape index (κ1) is 22.6. The van der Waals surface area contributed by atoms with E-state index in [0.717, 1.165) is 32.2 Å². The molecule has 3 aromatic carbocycles. The van der Waals surface area contributed by atoms with Gasteiger partial charge in [-0.3, -0.25) is 20.2 Å². The number of anilines is 2. The summed E-state index contributed by atoms with van der Waals surface area (Å²) >= 11 is 2.80. The number of aromatic amines is 1. The molecule has 174 valence electrons. The summed E-state index contributed by atoms with van der Waals surface area (Å²) in [4.78, 5) is 39.3. The molecule has 2 aromatic heterocycles. The van der Waals surface area contributed by atoms with Gasteiger partial charge in [0.15, 0.2) is 5.13 Å².